The first-order valence-corrected chi connectivity index (χ1v) is 12.2. The second-order valence-electron chi connectivity index (χ2n) is 8.19. The lowest BCUT2D eigenvalue weighted by Gasteiger charge is -2.18. The summed E-state index contributed by atoms with van der Waals surface area (Å²) >= 11 is 0. The SMILES string of the molecule is CN(Cc1ccc2ccccc2c1)C(=O)CCc1ccc(S(=O)(=O)N2CCCC2)cc1. The van der Waals surface area contributed by atoms with Crippen LogP contribution in [0.25, 0.3) is 10.8 Å². The van der Waals surface area contributed by atoms with E-state index in [1.54, 1.807) is 21.3 Å². The quantitative estimate of drug-likeness (QED) is 0.557. The Bertz CT molecular complexity index is 1170. The molecule has 1 fully saturated rings. The minimum atomic E-state index is -3.39. The van der Waals surface area contributed by atoms with Crippen LogP contribution in [-0.2, 0) is 27.8 Å². The largest absolute Gasteiger partial charge is 0.341 e. The predicted molar refractivity (Wildman–Crippen MR) is 123 cm³/mol. The summed E-state index contributed by atoms with van der Waals surface area (Å²) in [6.07, 6.45) is 2.82. The van der Waals surface area contributed by atoms with Gasteiger partial charge in [0.25, 0.3) is 0 Å². The fourth-order valence-corrected chi connectivity index (χ4v) is 5.56. The first-order chi connectivity index (χ1) is 14.9. The van der Waals surface area contributed by atoms with Gasteiger partial charge in [-0.25, -0.2) is 8.42 Å². The van der Waals surface area contributed by atoms with Crippen LogP contribution in [0.15, 0.2) is 71.6 Å². The van der Waals surface area contributed by atoms with Gasteiger partial charge in [0.15, 0.2) is 0 Å². The van der Waals surface area contributed by atoms with Gasteiger partial charge >= 0.3 is 0 Å². The second-order valence-corrected chi connectivity index (χ2v) is 10.1. The van der Waals surface area contributed by atoms with Gasteiger partial charge in [0.1, 0.15) is 0 Å². The van der Waals surface area contributed by atoms with Gasteiger partial charge in [-0.15, -0.1) is 0 Å². The summed E-state index contributed by atoms with van der Waals surface area (Å²) in [5.74, 6) is 0.0712. The number of hydrogen-bond acceptors (Lipinski definition) is 3. The third kappa shape index (κ3) is 4.97. The number of amides is 1. The van der Waals surface area contributed by atoms with E-state index in [4.69, 9.17) is 0 Å². The molecule has 0 atom stereocenters. The zero-order chi connectivity index (χ0) is 21.8. The van der Waals surface area contributed by atoms with Crippen molar-refractivity contribution >= 4 is 26.7 Å². The van der Waals surface area contributed by atoms with Gasteiger partial charge in [0, 0.05) is 33.1 Å². The zero-order valence-corrected chi connectivity index (χ0v) is 18.6. The Morgan fingerprint density at radius 2 is 1.55 bits per heavy atom. The van der Waals surface area contributed by atoms with Crippen molar-refractivity contribution in [3.8, 4) is 0 Å². The number of carbonyl (C=O) groups is 1. The Balaban J connectivity index is 1.33. The molecule has 1 saturated heterocycles. The maximum atomic E-state index is 12.6. The molecule has 3 aromatic carbocycles. The minimum absolute atomic E-state index is 0.0712. The standard InChI is InChI=1S/C25H28N2O3S/c1-26(19-21-8-12-22-6-2-3-7-23(22)18-21)25(28)15-11-20-9-13-24(14-10-20)31(29,30)27-16-4-5-17-27/h2-3,6-10,12-14,18H,4-5,11,15-17,19H2,1H3. The van der Waals surface area contributed by atoms with E-state index in [0.29, 0.717) is 37.4 Å². The molecule has 0 spiro atoms. The minimum Gasteiger partial charge on any atom is -0.341 e. The normalized spacial score (nSPS) is 14.7. The van der Waals surface area contributed by atoms with Crippen LogP contribution in [0.1, 0.15) is 30.4 Å². The van der Waals surface area contributed by atoms with Gasteiger partial charge in [0.2, 0.25) is 15.9 Å². The highest BCUT2D eigenvalue weighted by Gasteiger charge is 2.26. The monoisotopic (exact) mass is 436 g/mol. The molecule has 0 aromatic heterocycles. The van der Waals surface area contributed by atoms with Crippen molar-refractivity contribution in [2.45, 2.75) is 37.1 Å². The van der Waals surface area contributed by atoms with E-state index < -0.39 is 10.0 Å². The second kappa shape index (κ2) is 9.20. The van der Waals surface area contributed by atoms with Crippen LogP contribution in [-0.4, -0.2) is 43.7 Å². The third-order valence-electron chi connectivity index (χ3n) is 5.91. The molecule has 6 heteroatoms. The Morgan fingerprint density at radius 3 is 2.26 bits per heavy atom. The topological polar surface area (TPSA) is 57.7 Å². The number of rotatable bonds is 7. The van der Waals surface area contributed by atoms with Crippen LogP contribution in [0.3, 0.4) is 0 Å². The first-order valence-electron chi connectivity index (χ1n) is 10.7. The highest BCUT2D eigenvalue weighted by atomic mass is 32.2. The smallest absolute Gasteiger partial charge is 0.243 e. The molecule has 0 bridgehead atoms. The summed E-state index contributed by atoms with van der Waals surface area (Å²) in [5, 5.41) is 2.36. The van der Waals surface area contributed by atoms with Crippen molar-refractivity contribution in [1.29, 1.82) is 0 Å². The van der Waals surface area contributed by atoms with Crippen molar-refractivity contribution in [2.24, 2.45) is 0 Å². The van der Waals surface area contributed by atoms with Crippen molar-refractivity contribution in [2.75, 3.05) is 20.1 Å². The maximum absolute atomic E-state index is 12.6. The van der Waals surface area contributed by atoms with Crippen molar-refractivity contribution in [3.05, 3.63) is 77.9 Å². The lowest BCUT2D eigenvalue weighted by atomic mass is 10.1. The summed E-state index contributed by atoms with van der Waals surface area (Å²) in [4.78, 5) is 14.7. The molecule has 4 rings (SSSR count). The van der Waals surface area contributed by atoms with E-state index in [1.807, 2.05) is 31.3 Å². The Hall–Kier alpha value is -2.70. The van der Waals surface area contributed by atoms with Gasteiger partial charge in [-0.05, 0) is 59.4 Å². The Kier molecular flexibility index (Phi) is 6.39. The van der Waals surface area contributed by atoms with Gasteiger partial charge in [-0.1, -0.05) is 48.5 Å². The summed E-state index contributed by atoms with van der Waals surface area (Å²) in [7, 11) is -1.57. The molecule has 0 unspecified atom stereocenters. The zero-order valence-electron chi connectivity index (χ0n) is 17.8. The predicted octanol–water partition coefficient (Wildman–Crippen LogP) is 4.22. The number of hydrogen-bond donors (Lipinski definition) is 0. The van der Waals surface area contributed by atoms with Crippen molar-refractivity contribution in [1.82, 2.24) is 9.21 Å². The molecule has 31 heavy (non-hydrogen) atoms. The molecule has 0 saturated carbocycles. The van der Waals surface area contributed by atoms with Gasteiger partial charge in [0.05, 0.1) is 4.90 Å². The number of aryl methyl sites for hydroxylation is 1. The molecular formula is C25H28N2O3S. The lowest BCUT2D eigenvalue weighted by Crippen LogP contribution is -2.27. The van der Waals surface area contributed by atoms with E-state index in [1.165, 1.54) is 10.8 Å². The van der Waals surface area contributed by atoms with Crippen LogP contribution in [0.5, 0.6) is 0 Å². The van der Waals surface area contributed by atoms with Gasteiger partial charge in [-0.3, -0.25) is 4.79 Å². The molecule has 3 aromatic rings. The summed E-state index contributed by atoms with van der Waals surface area (Å²) < 4.78 is 26.8. The lowest BCUT2D eigenvalue weighted by molar-refractivity contribution is -0.130. The van der Waals surface area contributed by atoms with Crippen molar-refractivity contribution in [3.63, 3.8) is 0 Å². The number of carbonyl (C=O) groups excluding carboxylic acids is 1. The molecule has 0 N–H and O–H groups in total. The molecule has 1 amide bonds. The maximum Gasteiger partial charge on any atom is 0.243 e. The fourth-order valence-electron chi connectivity index (χ4n) is 4.05. The molecule has 1 aliphatic heterocycles. The van der Waals surface area contributed by atoms with Gasteiger partial charge < -0.3 is 4.90 Å². The van der Waals surface area contributed by atoms with Gasteiger partial charge in [-0.2, -0.15) is 4.31 Å². The van der Waals surface area contributed by atoms with Crippen LogP contribution in [0.4, 0.5) is 0 Å². The van der Waals surface area contributed by atoms with E-state index in [9.17, 15) is 13.2 Å². The van der Waals surface area contributed by atoms with E-state index >= 15 is 0 Å². The average Bonchev–Trinajstić information content (AvgIpc) is 3.33. The van der Waals surface area contributed by atoms with Crippen LogP contribution in [0, 0.1) is 0 Å². The van der Waals surface area contributed by atoms with E-state index in [-0.39, 0.29) is 5.91 Å². The summed E-state index contributed by atoms with van der Waals surface area (Å²) in [5.41, 5.74) is 2.07. The highest BCUT2D eigenvalue weighted by Crippen LogP contribution is 2.22. The van der Waals surface area contributed by atoms with Crippen LogP contribution in [0.2, 0.25) is 0 Å². The highest BCUT2D eigenvalue weighted by molar-refractivity contribution is 7.89. The Morgan fingerprint density at radius 1 is 0.903 bits per heavy atom. The molecular weight excluding hydrogens is 408 g/mol. The first kappa shape index (κ1) is 21.5. The Labute approximate surface area is 184 Å². The molecule has 0 radical (unpaired) electrons. The number of fused-ring (bicyclic) bond motifs is 1. The molecule has 1 aliphatic rings. The molecule has 1 heterocycles. The van der Waals surface area contributed by atoms with E-state index in [0.717, 1.165) is 24.0 Å². The average molecular weight is 437 g/mol. The fraction of sp³-hybridized carbons (Fsp3) is 0.320. The van der Waals surface area contributed by atoms with Crippen LogP contribution >= 0.6 is 0 Å². The van der Waals surface area contributed by atoms with Crippen molar-refractivity contribution < 1.29 is 13.2 Å². The summed E-state index contributed by atoms with van der Waals surface area (Å²) in [6.45, 7) is 1.76. The molecule has 162 valence electrons. The molecule has 0 aliphatic carbocycles. The number of sulfonamides is 1. The summed E-state index contributed by atoms with van der Waals surface area (Å²) in [6, 6.07) is 21.4. The van der Waals surface area contributed by atoms with E-state index in [2.05, 4.69) is 30.3 Å². The van der Waals surface area contributed by atoms with Crippen LogP contribution < -0.4 is 0 Å². The third-order valence-corrected chi connectivity index (χ3v) is 7.83. The number of nitrogens with zero attached hydrogens (tertiary/aromatic N) is 2. The molecule has 5 nitrogen and oxygen atoms in total. The number of benzene rings is 3.